The van der Waals surface area contributed by atoms with E-state index in [-0.39, 0.29) is 0 Å². The Hall–Kier alpha value is -2.60. The monoisotopic (exact) mass is 312 g/mol. The van der Waals surface area contributed by atoms with Gasteiger partial charge in [0.25, 0.3) is 0 Å². The number of aryl methyl sites for hydroxylation is 4. The van der Waals surface area contributed by atoms with Gasteiger partial charge in [-0.2, -0.15) is 0 Å². The van der Waals surface area contributed by atoms with Crippen molar-refractivity contribution in [1.29, 1.82) is 0 Å². The minimum Gasteiger partial charge on any atom is -0.0614 e. The van der Waals surface area contributed by atoms with Crippen molar-refractivity contribution < 1.29 is 0 Å². The maximum atomic E-state index is 2.22. The Morgan fingerprint density at radius 1 is 0.458 bits per heavy atom. The molecule has 4 aromatic rings. The van der Waals surface area contributed by atoms with Crippen molar-refractivity contribution in [1.82, 2.24) is 0 Å². The molecule has 0 fully saturated rings. The average molecular weight is 312 g/mol. The highest BCUT2D eigenvalue weighted by Gasteiger charge is 1.97. The van der Waals surface area contributed by atoms with Gasteiger partial charge in [-0.3, -0.25) is 0 Å². The number of benzene rings is 4. The summed E-state index contributed by atoms with van der Waals surface area (Å²) >= 11 is 0. The lowest BCUT2D eigenvalue weighted by Crippen LogP contribution is -1.80. The molecule has 0 aliphatic carbocycles. The lowest BCUT2D eigenvalue weighted by Gasteiger charge is -2.03. The summed E-state index contributed by atoms with van der Waals surface area (Å²) in [6, 6.07) is 26.0. The zero-order valence-corrected chi connectivity index (χ0v) is 14.9. The van der Waals surface area contributed by atoms with Crippen molar-refractivity contribution >= 4 is 21.5 Å². The Labute approximate surface area is 144 Å². The van der Waals surface area contributed by atoms with Crippen LogP contribution in [0, 0.1) is 27.7 Å². The molecular formula is C24H24. The molecule has 0 saturated carbocycles. The first-order chi connectivity index (χ1) is 11.5. The van der Waals surface area contributed by atoms with Gasteiger partial charge in [-0.15, -0.1) is 0 Å². The Balaban J connectivity index is 0.000000141. The normalized spacial score (nSPS) is 10.5. The van der Waals surface area contributed by atoms with Gasteiger partial charge < -0.3 is 0 Å². The fourth-order valence-electron chi connectivity index (χ4n) is 3.11. The minimum absolute atomic E-state index is 1.33. The Kier molecular flexibility index (Phi) is 4.66. The van der Waals surface area contributed by atoms with E-state index in [1.54, 1.807) is 0 Å². The molecule has 24 heavy (non-hydrogen) atoms. The van der Waals surface area contributed by atoms with Crippen LogP contribution in [-0.4, -0.2) is 0 Å². The van der Waals surface area contributed by atoms with Crippen LogP contribution in [0.5, 0.6) is 0 Å². The lowest BCUT2D eigenvalue weighted by molar-refractivity contribution is 1.47. The van der Waals surface area contributed by atoms with E-state index in [1.165, 1.54) is 43.8 Å². The zero-order valence-electron chi connectivity index (χ0n) is 14.9. The first-order valence-electron chi connectivity index (χ1n) is 8.46. The van der Waals surface area contributed by atoms with E-state index in [9.17, 15) is 0 Å². The Morgan fingerprint density at radius 2 is 0.875 bits per heavy atom. The second kappa shape index (κ2) is 6.88. The van der Waals surface area contributed by atoms with Crippen LogP contribution < -0.4 is 0 Å². The van der Waals surface area contributed by atoms with Gasteiger partial charge in [0.05, 0.1) is 0 Å². The molecule has 120 valence electrons. The van der Waals surface area contributed by atoms with Gasteiger partial charge >= 0.3 is 0 Å². The largest absolute Gasteiger partial charge is 0.0614 e. The molecule has 0 N–H and O–H groups in total. The number of hydrogen-bond acceptors (Lipinski definition) is 0. The molecule has 0 heteroatoms. The zero-order chi connectivity index (χ0) is 17.1. The third-order valence-electron chi connectivity index (χ3n) is 4.51. The van der Waals surface area contributed by atoms with Crippen LogP contribution in [0.2, 0.25) is 0 Å². The number of hydrogen-bond donors (Lipinski definition) is 0. The van der Waals surface area contributed by atoms with E-state index in [0.717, 1.165) is 0 Å². The molecule has 0 spiro atoms. The molecule has 0 nitrogen and oxygen atoms in total. The summed E-state index contributed by atoms with van der Waals surface area (Å²) < 4.78 is 0. The second-order valence-corrected chi connectivity index (χ2v) is 6.60. The van der Waals surface area contributed by atoms with Crippen molar-refractivity contribution in [2.24, 2.45) is 0 Å². The van der Waals surface area contributed by atoms with Crippen LogP contribution in [0.1, 0.15) is 22.3 Å². The Morgan fingerprint density at radius 3 is 1.29 bits per heavy atom. The summed E-state index contributed by atoms with van der Waals surface area (Å²) in [7, 11) is 0. The highest BCUT2D eigenvalue weighted by molar-refractivity contribution is 5.88. The SMILES string of the molecule is Cc1ccc2cc(C)ccc2c1.Cc1cccc2c(C)cccc12. The van der Waals surface area contributed by atoms with Crippen molar-refractivity contribution in [3.8, 4) is 0 Å². The highest BCUT2D eigenvalue weighted by Crippen LogP contribution is 2.20. The molecule has 0 radical (unpaired) electrons. The smallest absolute Gasteiger partial charge is 0.0152 e. The summed E-state index contributed by atoms with van der Waals surface area (Å²) in [5.74, 6) is 0. The van der Waals surface area contributed by atoms with Gasteiger partial charge in [-0.25, -0.2) is 0 Å². The molecule has 0 aliphatic rings. The fraction of sp³-hybridized carbons (Fsp3) is 0.167. The average Bonchev–Trinajstić information content (AvgIpc) is 2.57. The van der Waals surface area contributed by atoms with E-state index in [1.807, 2.05) is 0 Å². The standard InChI is InChI=1S/2C12H12/c1-9-3-5-12-8-10(2)4-6-11(12)7-9;1-9-5-3-8-12-10(2)6-4-7-11(9)12/h2*3-8H,1-2H3. The highest BCUT2D eigenvalue weighted by atomic mass is 14.0. The van der Waals surface area contributed by atoms with Crippen LogP contribution in [0.3, 0.4) is 0 Å². The quantitative estimate of drug-likeness (QED) is 0.331. The second-order valence-electron chi connectivity index (χ2n) is 6.60. The van der Waals surface area contributed by atoms with Crippen LogP contribution >= 0.6 is 0 Å². The maximum absolute atomic E-state index is 2.22. The number of fused-ring (bicyclic) bond motifs is 2. The molecule has 4 rings (SSSR count). The van der Waals surface area contributed by atoms with Gasteiger partial charge in [-0.1, -0.05) is 83.9 Å². The van der Waals surface area contributed by atoms with Gasteiger partial charge in [0.15, 0.2) is 0 Å². The topological polar surface area (TPSA) is 0 Å². The van der Waals surface area contributed by atoms with Crippen molar-refractivity contribution in [2.75, 3.05) is 0 Å². The first-order valence-corrected chi connectivity index (χ1v) is 8.46. The van der Waals surface area contributed by atoms with Gasteiger partial charge in [0.1, 0.15) is 0 Å². The third kappa shape index (κ3) is 3.49. The van der Waals surface area contributed by atoms with E-state index >= 15 is 0 Å². The van der Waals surface area contributed by atoms with E-state index < -0.39 is 0 Å². The van der Waals surface area contributed by atoms with Gasteiger partial charge in [0.2, 0.25) is 0 Å². The van der Waals surface area contributed by atoms with Crippen molar-refractivity contribution in [3.05, 3.63) is 95.1 Å². The molecule has 0 amide bonds. The molecule has 0 aromatic heterocycles. The number of rotatable bonds is 0. The summed E-state index contributed by atoms with van der Waals surface area (Å²) in [4.78, 5) is 0. The third-order valence-corrected chi connectivity index (χ3v) is 4.51. The summed E-state index contributed by atoms with van der Waals surface area (Å²) in [6.07, 6.45) is 0. The first kappa shape index (κ1) is 16.3. The van der Waals surface area contributed by atoms with Crippen molar-refractivity contribution in [2.45, 2.75) is 27.7 Å². The summed E-state index contributed by atoms with van der Waals surface area (Å²) in [6.45, 7) is 8.56. The molecule has 0 unspecified atom stereocenters. The van der Waals surface area contributed by atoms with Crippen molar-refractivity contribution in [3.63, 3.8) is 0 Å². The molecule has 0 bridgehead atoms. The predicted octanol–water partition coefficient (Wildman–Crippen LogP) is 6.91. The molecule has 0 heterocycles. The van der Waals surface area contributed by atoms with Gasteiger partial charge in [-0.05, 0) is 60.4 Å². The molecule has 0 aliphatic heterocycles. The Bertz CT molecular complexity index is 911. The minimum atomic E-state index is 1.33. The van der Waals surface area contributed by atoms with E-state index in [4.69, 9.17) is 0 Å². The van der Waals surface area contributed by atoms with E-state index in [2.05, 4.69) is 100 Å². The molecule has 4 aromatic carbocycles. The van der Waals surface area contributed by atoms with Crippen LogP contribution in [-0.2, 0) is 0 Å². The summed E-state index contributed by atoms with van der Waals surface area (Å²) in [5, 5.41) is 5.41. The predicted molar refractivity (Wildman–Crippen MR) is 107 cm³/mol. The van der Waals surface area contributed by atoms with Crippen LogP contribution in [0.25, 0.3) is 21.5 Å². The van der Waals surface area contributed by atoms with Crippen LogP contribution in [0.15, 0.2) is 72.8 Å². The summed E-state index contributed by atoms with van der Waals surface area (Å²) in [5.41, 5.74) is 5.37. The van der Waals surface area contributed by atoms with Crippen LogP contribution in [0.4, 0.5) is 0 Å². The lowest BCUT2D eigenvalue weighted by atomic mass is 10.0. The molecule has 0 saturated heterocycles. The fourth-order valence-corrected chi connectivity index (χ4v) is 3.11. The maximum Gasteiger partial charge on any atom is -0.0152 e. The van der Waals surface area contributed by atoms with Gasteiger partial charge in [0, 0.05) is 0 Å². The molecule has 0 atom stereocenters. The van der Waals surface area contributed by atoms with E-state index in [0.29, 0.717) is 0 Å². The molecular weight excluding hydrogens is 288 g/mol.